The van der Waals surface area contributed by atoms with Crippen LogP contribution in [-0.4, -0.2) is 34.9 Å². The molecule has 1 saturated heterocycles. The van der Waals surface area contributed by atoms with E-state index in [0.29, 0.717) is 6.61 Å². The molecule has 0 aromatic heterocycles. The molecule has 0 aromatic rings. The second kappa shape index (κ2) is 4.33. The number of hydrogen-bond acceptors (Lipinski definition) is 5. The van der Waals surface area contributed by atoms with Crippen molar-refractivity contribution in [3.8, 4) is 0 Å². The zero-order chi connectivity index (χ0) is 10.8. The van der Waals surface area contributed by atoms with E-state index in [0.717, 1.165) is 0 Å². The van der Waals surface area contributed by atoms with Gasteiger partial charge in [0.25, 0.3) is 0 Å². The van der Waals surface area contributed by atoms with Crippen molar-refractivity contribution in [2.45, 2.75) is 23.4 Å². The molecule has 1 rings (SSSR count). The van der Waals surface area contributed by atoms with Crippen molar-refractivity contribution >= 4 is 34.7 Å². The summed E-state index contributed by atoms with van der Waals surface area (Å²) in [7, 11) is 0. The molecule has 0 aliphatic carbocycles. The van der Waals surface area contributed by atoms with Crippen LogP contribution in [0, 0.1) is 0 Å². The Balaban J connectivity index is 2.64. The molecule has 1 aliphatic heterocycles. The monoisotopic (exact) mass is 314 g/mol. The molecule has 80 valence electrons. The predicted molar refractivity (Wildman–Crippen MR) is 55.3 cm³/mol. The Morgan fingerprint density at radius 2 is 2.43 bits per heavy atom. The third-order valence-corrected chi connectivity index (χ3v) is 3.01. The summed E-state index contributed by atoms with van der Waals surface area (Å²) in [5.74, 6) is -0.399. The summed E-state index contributed by atoms with van der Waals surface area (Å²) in [6.07, 6.45) is -1.31. The molecule has 0 radical (unpaired) electrons. The van der Waals surface area contributed by atoms with Gasteiger partial charge in [0.1, 0.15) is 6.61 Å². The van der Waals surface area contributed by atoms with Gasteiger partial charge in [-0.3, -0.25) is 4.79 Å². The van der Waals surface area contributed by atoms with E-state index in [1.54, 1.807) is 13.8 Å². The minimum absolute atomic E-state index is 0.0943. The number of hydrogen-bond donors (Lipinski definition) is 0. The number of rotatable bonds is 3. The van der Waals surface area contributed by atoms with Crippen molar-refractivity contribution in [2.75, 3.05) is 13.2 Å². The second-order valence-electron chi connectivity index (χ2n) is 2.96. The number of alkyl halides is 1. The first-order valence-corrected chi connectivity index (χ1v) is 5.26. The van der Waals surface area contributed by atoms with E-state index in [1.807, 2.05) is 22.6 Å². The molecule has 1 fully saturated rings. The number of cyclic esters (lactones) is 2. The van der Waals surface area contributed by atoms with Crippen LogP contribution in [0.15, 0.2) is 0 Å². The smallest absolute Gasteiger partial charge is 0.465 e. The van der Waals surface area contributed by atoms with Gasteiger partial charge in [0.2, 0.25) is 0 Å². The maximum Gasteiger partial charge on any atom is 0.508 e. The molecule has 2 atom stereocenters. The summed E-state index contributed by atoms with van der Waals surface area (Å²) in [6.45, 7) is 3.77. The van der Waals surface area contributed by atoms with E-state index in [1.165, 1.54) is 0 Å². The second-order valence-corrected chi connectivity index (χ2v) is 5.20. The maximum absolute atomic E-state index is 11.5. The Hall–Kier alpha value is -0.530. The highest BCUT2D eigenvalue weighted by molar-refractivity contribution is 14.1. The number of carbonyl (C=O) groups excluding carboxylic acids is 2. The molecule has 0 bridgehead atoms. The number of ether oxygens (including phenoxy) is 3. The molecule has 1 heterocycles. The Labute approximate surface area is 95.2 Å². The summed E-state index contributed by atoms with van der Waals surface area (Å²) in [5, 5.41) is 0. The molecule has 5 nitrogen and oxygen atoms in total. The molecular formula is C8H11IO5. The molecule has 2 unspecified atom stereocenters. The highest BCUT2D eigenvalue weighted by Gasteiger charge is 2.47. The van der Waals surface area contributed by atoms with Gasteiger partial charge >= 0.3 is 12.1 Å². The van der Waals surface area contributed by atoms with Crippen LogP contribution in [0.25, 0.3) is 0 Å². The fraction of sp³-hybridized carbons (Fsp3) is 0.750. The standard InChI is InChI=1S/C8H11IO5/c1-3-12-6(10)8(2,9)5-4-13-7(11)14-5/h5H,3-4H2,1-2H3. The molecule has 0 N–H and O–H groups in total. The normalized spacial score (nSPS) is 24.8. The van der Waals surface area contributed by atoms with E-state index in [2.05, 4.69) is 4.74 Å². The average Bonchev–Trinajstić information content (AvgIpc) is 2.52. The zero-order valence-corrected chi connectivity index (χ0v) is 10.1. The lowest BCUT2D eigenvalue weighted by atomic mass is 10.1. The molecule has 0 aromatic carbocycles. The number of esters is 1. The zero-order valence-electron chi connectivity index (χ0n) is 7.91. The number of carbonyl (C=O) groups is 2. The van der Waals surface area contributed by atoms with E-state index >= 15 is 0 Å². The summed E-state index contributed by atoms with van der Waals surface area (Å²) in [4.78, 5) is 22.2. The Morgan fingerprint density at radius 3 is 2.86 bits per heavy atom. The van der Waals surface area contributed by atoms with E-state index in [-0.39, 0.29) is 6.61 Å². The van der Waals surface area contributed by atoms with Gasteiger partial charge in [-0.2, -0.15) is 0 Å². The van der Waals surface area contributed by atoms with Crippen LogP contribution in [0.1, 0.15) is 13.8 Å². The van der Waals surface area contributed by atoms with Crippen LogP contribution in [0.3, 0.4) is 0 Å². The number of halogens is 1. The highest BCUT2D eigenvalue weighted by Crippen LogP contribution is 2.30. The highest BCUT2D eigenvalue weighted by atomic mass is 127. The summed E-state index contributed by atoms with van der Waals surface area (Å²) < 4.78 is 13.4. The topological polar surface area (TPSA) is 61.8 Å². The maximum atomic E-state index is 11.5. The van der Waals surface area contributed by atoms with Gasteiger partial charge in [0.15, 0.2) is 9.53 Å². The van der Waals surface area contributed by atoms with Crippen LogP contribution >= 0.6 is 22.6 Å². The van der Waals surface area contributed by atoms with Crippen LogP contribution in [0.2, 0.25) is 0 Å². The summed E-state index contributed by atoms with van der Waals surface area (Å²) in [6, 6.07) is 0. The van der Waals surface area contributed by atoms with Gasteiger partial charge in [-0.1, -0.05) is 22.6 Å². The lowest BCUT2D eigenvalue weighted by Gasteiger charge is -2.23. The molecular weight excluding hydrogens is 303 g/mol. The van der Waals surface area contributed by atoms with Crippen molar-refractivity contribution in [2.24, 2.45) is 0 Å². The van der Waals surface area contributed by atoms with Gasteiger partial charge in [-0.25, -0.2) is 4.79 Å². The minimum Gasteiger partial charge on any atom is -0.465 e. The molecule has 6 heteroatoms. The quantitative estimate of drug-likeness (QED) is 0.446. The first-order valence-electron chi connectivity index (χ1n) is 4.18. The van der Waals surface area contributed by atoms with Crippen LogP contribution in [-0.2, 0) is 19.0 Å². The van der Waals surface area contributed by atoms with Crippen LogP contribution in [0.5, 0.6) is 0 Å². The first-order chi connectivity index (χ1) is 6.48. The minimum atomic E-state index is -0.889. The van der Waals surface area contributed by atoms with Crippen molar-refractivity contribution in [3.63, 3.8) is 0 Å². The van der Waals surface area contributed by atoms with E-state index in [9.17, 15) is 9.59 Å². The van der Waals surface area contributed by atoms with E-state index < -0.39 is 21.7 Å². The Morgan fingerprint density at radius 1 is 1.79 bits per heavy atom. The first kappa shape index (κ1) is 11.5. The summed E-state index contributed by atoms with van der Waals surface area (Å²) in [5.41, 5.74) is 0. The predicted octanol–water partition coefficient (Wildman–Crippen LogP) is 1.28. The molecule has 0 saturated carbocycles. The Bertz CT molecular complexity index is 250. The third-order valence-electron chi connectivity index (χ3n) is 1.87. The average molecular weight is 314 g/mol. The van der Waals surface area contributed by atoms with Crippen molar-refractivity contribution in [1.82, 2.24) is 0 Å². The van der Waals surface area contributed by atoms with E-state index in [4.69, 9.17) is 9.47 Å². The van der Waals surface area contributed by atoms with Crippen molar-refractivity contribution in [1.29, 1.82) is 0 Å². The fourth-order valence-corrected chi connectivity index (χ4v) is 1.46. The molecule has 0 spiro atoms. The molecule has 1 aliphatic rings. The fourth-order valence-electron chi connectivity index (χ4n) is 0.999. The van der Waals surface area contributed by atoms with Gasteiger partial charge in [0, 0.05) is 0 Å². The third kappa shape index (κ3) is 2.28. The van der Waals surface area contributed by atoms with Crippen LogP contribution < -0.4 is 0 Å². The van der Waals surface area contributed by atoms with Gasteiger partial charge in [-0.05, 0) is 13.8 Å². The van der Waals surface area contributed by atoms with Crippen LogP contribution in [0.4, 0.5) is 4.79 Å². The van der Waals surface area contributed by atoms with Gasteiger partial charge in [-0.15, -0.1) is 0 Å². The van der Waals surface area contributed by atoms with Crippen molar-refractivity contribution < 1.29 is 23.8 Å². The molecule has 0 amide bonds. The molecule has 14 heavy (non-hydrogen) atoms. The summed E-state index contributed by atoms with van der Waals surface area (Å²) >= 11 is 1.91. The van der Waals surface area contributed by atoms with Crippen molar-refractivity contribution in [3.05, 3.63) is 0 Å². The lowest BCUT2D eigenvalue weighted by molar-refractivity contribution is -0.147. The SMILES string of the molecule is CCOC(=O)C(C)(I)C1COC(=O)O1. The van der Waals surface area contributed by atoms with Gasteiger partial charge < -0.3 is 14.2 Å². The lowest BCUT2D eigenvalue weighted by Crippen LogP contribution is -2.43. The van der Waals surface area contributed by atoms with Gasteiger partial charge in [0.05, 0.1) is 6.61 Å². The Kier molecular flexibility index (Phi) is 3.57. The largest absolute Gasteiger partial charge is 0.508 e.